The molecule has 1 heterocycles. The summed E-state index contributed by atoms with van der Waals surface area (Å²) in [5, 5.41) is 3.37. The number of carbonyl (C=O) groups excluding carboxylic acids is 1. The fourth-order valence-electron chi connectivity index (χ4n) is 2.62. The molecule has 4 nitrogen and oxygen atoms in total. The molecule has 2 rings (SSSR count). The topological polar surface area (TPSA) is 58.4 Å². The average Bonchev–Trinajstić information content (AvgIpc) is 2.39. The summed E-state index contributed by atoms with van der Waals surface area (Å²) in [6.45, 7) is 3.12. The zero-order valence-electron chi connectivity index (χ0n) is 11.2. The second kappa shape index (κ2) is 6.39. The molecule has 5 heteroatoms. The number of carbonyl (C=O) groups is 1. The number of rotatable bonds is 4. The number of nitrogens with two attached hydrogens (primary N) is 1. The number of anilines is 1. The van der Waals surface area contributed by atoms with Crippen molar-refractivity contribution in [2.45, 2.75) is 12.8 Å². The Kier molecular flexibility index (Phi) is 4.82. The molecule has 1 aliphatic rings. The highest BCUT2D eigenvalue weighted by Crippen LogP contribution is 2.28. The van der Waals surface area contributed by atoms with E-state index in [1.807, 2.05) is 25.2 Å². The summed E-state index contributed by atoms with van der Waals surface area (Å²) >= 11 is 3.40. The summed E-state index contributed by atoms with van der Waals surface area (Å²) in [5.41, 5.74) is 6.95. The molecule has 0 saturated carbocycles. The number of primary amides is 1. The molecule has 3 N–H and O–H groups in total. The van der Waals surface area contributed by atoms with Gasteiger partial charge in [0.2, 0.25) is 0 Å². The average molecular weight is 326 g/mol. The molecule has 1 aliphatic heterocycles. The predicted molar refractivity (Wildman–Crippen MR) is 81.5 cm³/mol. The van der Waals surface area contributed by atoms with Crippen molar-refractivity contribution in [1.29, 1.82) is 0 Å². The standard InChI is InChI=1S/C14H20BrN3O/c1-18(9-10-5-7-17-8-6-10)12-4-2-3-11(15)13(12)14(16)19/h2-4,10,17H,5-9H2,1H3,(H2,16,19). The molecule has 1 aromatic rings. The molecule has 104 valence electrons. The zero-order chi connectivity index (χ0) is 13.8. The lowest BCUT2D eigenvalue weighted by Gasteiger charge is -2.29. The largest absolute Gasteiger partial charge is 0.374 e. The fourth-order valence-corrected chi connectivity index (χ4v) is 3.18. The first kappa shape index (κ1) is 14.3. The SMILES string of the molecule is CN(CC1CCNCC1)c1cccc(Br)c1C(N)=O. The van der Waals surface area contributed by atoms with Crippen LogP contribution in [-0.2, 0) is 0 Å². The van der Waals surface area contributed by atoms with Gasteiger partial charge in [0.15, 0.2) is 0 Å². The lowest BCUT2D eigenvalue weighted by Crippen LogP contribution is -2.35. The Labute approximate surface area is 122 Å². The highest BCUT2D eigenvalue weighted by atomic mass is 79.9. The van der Waals surface area contributed by atoms with Gasteiger partial charge in [-0.3, -0.25) is 4.79 Å². The van der Waals surface area contributed by atoms with Crippen LogP contribution in [0.2, 0.25) is 0 Å². The molecule has 0 radical (unpaired) electrons. The highest BCUT2D eigenvalue weighted by Gasteiger charge is 2.19. The van der Waals surface area contributed by atoms with Crippen LogP contribution in [0.1, 0.15) is 23.2 Å². The van der Waals surface area contributed by atoms with E-state index < -0.39 is 0 Å². The van der Waals surface area contributed by atoms with E-state index in [0.29, 0.717) is 11.5 Å². The summed E-state index contributed by atoms with van der Waals surface area (Å²) in [6, 6.07) is 5.73. The van der Waals surface area contributed by atoms with Gasteiger partial charge in [-0.2, -0.15) is 0 Å². The van der Waals surface area contributed by atoms with Crippen LogP contribution < -0.4 is 16.0 Å². The first-order valence-electron chi connectivity index (χ1n) is 6.59. The maximum atomic E-state index is 11.6. The van der Waals surface area contributed by atoms with E-state index in [0.717, 1.165) is 29.8 Å². The molecule has 19 heavy (non-hydrogen) atoms. The lowest BCUT2D eigenvalue weighted by atomic mass is 9.97. The molecule has 0 spiro atoms. The molecule has 1 amide bonds. The second-order valence-electron chi connectivity index (χ2n) is 5.07. The van der Waals surface area contributed by atoms with Gasteiger partial charge in [0.25, 0.3) is 5.91 Å². The van der Waals surface area contributed by atoms with E-state index in [4.69, 9.17) is 5.73 Å². The van der Waals surface area contributed by atoms with E-state index >= 15 is 0 Å². The van der Waals surface area contributed by atoms with Gasteiger partial charge in [-0.15, -0.1) is 0 Å². The minimum Gasteiger partial charge on any atom is -0.374 e. The van der Waals surface area contributed by atoms with Crippen LogP contribution >= 0.6 is 15.9 Å². The molecule has 0 aliphatic carbocycles. The number of hydrogen-bond acceptors (Lipinski definition) is 3. The Morgan fingerprint density at radius 2 is 2.16 bits per heavy atom. The van der Waals surface area contributed by atoms with Crippen molar-refractivity contribution in [3.8, 4) is 0 Å². The fraction of sp³-hybridized carbons (Fsp3) is 0.500. The van der Waals surface area contributed by atoms with Crippen molar-refractivity contribution in [3.63, 3.8) is 0 Å². The van der Waals surface area contributed by atoms with Crippen molar-refractivity contribution in [1.82, 2.24) is 5.32 Å². The van der Waals surface area contributed by atoms with Crippen molar-refractivity contribution < 1.29 is 4.79 Å². The van der Waals surface area contributed by atoms with Crippen LogP contribution in [0, 0.1) is 5.92 Å². The van der Waals surface area contributed by atoms with Gasteiger partial charge in [0, 0.05) is 18.1 Å². The summed E-state index contributed by atoms with van der Waals surface area (Å²) in [5.74, 6) is 0.283. The summed E-state index contributed by atoms with van der Waals surface area (Å²) in [4.78, 5) is 13.7. The van der Waals surface area contributed by atoms with Gasteiger partial charge in [-0.05, 0) is 59.9 Å². The smallest absolute Gasteiger partial charge is 0.251 e. The lowest BCUT2D eigenvalue weighted by molar-refractivity contribution is 0.1000. The maximum Gasteiger partial charge on any atom is 0.251 e. The Morgan fingerprint density at radius 3 is 2.79 bits per heavy atom. The summed E-state index contributed by atoms with van der Waals surface area (Å²) in [7, 11) is 2.02. The maximum absolute atomic E-state index is 11.6. The molecular formula is C14H20BrN3O. The van der Waals surface area contributed by atoms with E-state index in [1.54, 1.807) is 0 Å². The quantitative estimate of drug-likeness (QED) is 0.890. The third-order valence-electron chi connectivity index (χ3n) is 3.64. The first-order valence-corrected chi connectivity index (χ1v) is 7.39. The zero-order valence-corrected chi connectivity index (χ0v) is 12.7. The van der Waals surface area contributed by atoms with Crippen LogP contribution in [0.4, 0.5) is 5.69 Å². The molecule has 1 fully saturated rings. The van der Waals surface area contributed by atoms with Crippen LogP contribution in [0.15, 0.2) is 22.7 Å². The molecule has 1 saturated heterocycles. The minimum absolute atomic E-state index is 0.389. The van der Waals surface area contributed by atoms with Crippen LogP contribution in [0.3, 0.4) is 0 Å². The van der Waals surface area contributed by atoms with E-state index in [1.165, 1.54) is 12.8 Å². The van der Waals surface area contributed by atoms with E-state index in [-0.39, 0.29) is 5.91 Å². The highest BCUT2D eigenvalue weighted by molar-refractivity contribution is 9.10. The molecule has 0 bridgehead atoms. The first-order chi connectivity index (χ1) is 9.09. The monoisotopic (exact) mass is 325 g/mol. The van der Waals surface area contributed by atoms with Crippen molar-refractivity contribution in [3.05, 3.63) is 28.2 Å². The molecular weight excluding hydrogens is 306 g/mol. The Hall–Kier alpha value is -1.07. The van der Waals surface area contributed by atoms with Gasteiger partial charge in [-0.1, -0.05) is 6.07 Å². The van der Waals surface area contributed by atoms with Gasteiger partial charge in [0.05, 0.1) is 11.3 Å². The molecule has 0 aromatic heterocycles. The Morgan fingerprint density at radius 1 is 1.47 bits per heavy atom. The molecule has 0 atom stereocenters. The normalized spacial score (nSPS) is 16.3. The number of nitrogens with one attached hydrogen (secondary N) is 1. The van der Waals surface area contributed by atoms with Crippen molar-refractivity contribution in [2.24, 2.45) is 11.7 Å². The minimum atomic E-state index is -0.389. The van der Waals surface area contributed by atoms with Crippen molar-refractivity contribution in [2.75, 3.05) is 31.6 Å². The van der Waals surface area contributed by atoms with E-state index in [2.05, 4.69) is 26.1 Å². The van der Waals surface area contributed by atoms with Gasteiger partial charge in [-0.25, -0.2) is 0 Å². The summed E-state index contributed by atoms with van der Waals surface area (Å²) < 4.78 is 0.759. The molecule has 1 aromatic carbocycles. The third-order valence-corrected chi connectivity index (χ3v) is 4.30. The van der Waals surface area contributed by atoms with Gasteiger partial charge < -0.3 is 16.0 Å². The second-order valence-corrected chi connectivity index (χ2v) is 5.93. The van der Waals surface area contributed by atoms with Crippen LogP contribution in [-0.4, -0.2) is 32.6 Å². The molecule has 0 unspecified atom stereocenters. The number of halogens is 1. The number of hydrogen-bond donors (Lipinski definition) is 2. The number of nitrogens with zero attached hydrogens (tertiary/aromatic N) is 1. The number of benzene rings is 1. The predicted octanol–water partition coefficient (Wildman–Crippen LogP) is 1.98. The number of piperidine rings is 1. The van der Waals surface area contributed by atoms with Crippen LogP contribution in [0.25, 0.3) is 0 Å². The van der Waals surface area contributed by atoms with Crippen molar-refractivity contribution >= 4 is 27.5 Å². The van der Waals surface area contributed by atoms with E-state index in [9.17, 15) is 4.79 Å². The Bertz CT molecular complexity index is 458. The van der Waals surface area contributed by atoms with Crippen LogP contribution in [0.5, 0.6) is 0 Å². The van der Waals surface area contributed by atoms with Gasteiger partial charge in [0.1, 0.15) is 0 Å². The Balaban J connectivity index is 2.16. The number of amides is 1. The third kappa shape index (κ3) is 3.48. The summed E-state index contributed by atoms with van der Waals surface area (Å²) in [6.07, 6.45) is 2.37. The van der Waals surface area contributed by atoms with Gasteiger partial charge >= 0.3 is 0 Å².